The molecule has 0 fully saturated rings. The molecule has 3 heterocycles. The van der Waals surface area contributed by atoms with E-state index < -0.39 is 16.4 Å². The Bertz CT molecular complexity index is 4260. The molecule has 82 heavy (non-hydrogen) atoms. The Labute approximate surface area is 497 Å². The number of anilines is 3. The molecule has 0 N–H and O–H groups in total. The van der Waals surface area contributed by atoms with Crippen molar-refractivity contribution in [3.63, 3.8) is 0 Å². The molecule has 0 atom stereocenters. The molecule has 0 spiro atoms. The molecule has 6 aliphatic carbocycles. The molecule has 6 heteroatoms. The molecule has 5 nitrogen and oxygen atoms in total. The van der Waals surface area contributed by atoms with E-state index in [2.05, 4.69) is 296 Å². The maximum Gasteiger partial charge on any atom is 0.135 e. The van der Waals surface area contributed by atoms with E-state index in [4.69, 9.17) is 9.72 Å². The van der Waals surface area contributed by atoms with Crippen LogP contribution in [0, 0.1) is 29.6 Å². The number of nitrogens with zero attached hydrogens (tertiary/aromatic N) is 4. The number of hydrogen-bond donors (Lipinski definition) is 0. The minimum atomic E-state index is -0.823. The minimum absolute atomic E-state index is 0. The molecule has 4 bridgehead atoms. The second-order valence-electron chi connectivity index (χ2n) is 26.0. The first-order chi connectivity index (χ1) is 39.1. The second-order valence-corrected chi connectivity index (χ2v) is 26.0. The van der Waals surface area contributed by atoms with E-state index in [0.717, 1.165) is 50.2 Å². The zero-order valence-corrected chi connectivity index (χ0v) is 50.2. The largest absolute Gasteiger partial charge is 0.509 e. The monoisotopic (exact) mass is 1240 g/mol. The molecular formula is C76H65N4OPt-3. The van der Waals surface area contributed by atoms with Crippen molar-refractivity contribution in [3.8, 4) is 28.4 Å². The maximum atomic E-state index is 6.96. The van der Waals surface area contributed by atoms with Gasteiger partial charge < -0.3 is 19.1 Å². The first-order valence-electron chi connectivity index (χ1n) is 28.7. The number of aromatic nitrogens is 2. The van der Waals surface area contributed by atoms with E-state index in [-0.39, 0.29) is 43.2 Å². The van der Waals surface area contributed by atoms with E-state index in [0.29, 0.717) is 11.5 Å². The summed E-state index contributed by atoms with van der Waals surface area (Å²) in [5.41, 5.74) is 17.1. The van der Waals surface area contributed by atoms with Gasteiger partial charge in [-0.25, -0.2) is 4.98 Å². The normalized spacial score (nSPS) is 20.3. The summed E-state index contributed by atoms with van der Waals surface area (Å²) in [5, 5.41) is 2.20. The van der Waals surface area contributed by atoms with Crippen LogP contribution in [-0.2, 0) is 42.8 Å². The molecular weight excluding hydrogens is 1180 g/mol. The third-order valence-electron chi connectivity index (χ3n) is 18.9. The standard InChI is InChI=1S/C76H65N4O.Pt/c1-71(2,3)51-42-43-77-69(45-51)80-65-41-38-50(49-24-11-10-12-25-49)44-58(65)55-40-39-54(47-68(55)80)81-53-27-23-26-52(46-53)78-48-79(67-37-22-21-36-66(67)78)76-59-30-15-13-28-56(59)70(57-29-14-16-31-60(57)76)74(72(4,5)6)61-32-17-19-34-63(61)75(76,73(7,8)9)64-35-20-18-33-62(64)74;/h10-45,48,70H,1-9H3;/q-3;. The average Bonchev–Trinajstić information content (AvgIpc) is 0.714. The Morgan fingerprint density at radius 1 is 0.500 bits per heavy atom. The van der Waals surface area contributed by atoms with Crippen molar-refractivity contribution in [1.82, 2.24) is 9.55 Å². The van der Waals surface area contributed by atoms with Crippen LogP contribution in [0.25, 0.3) is 38.8 Å². The summed E-state index contributed by atoms with van der Waals surface area (Å²) in [6.07, 6.45) is 1.92. The summed E-state index contributed by atoms with van der Waals surface area (Å²) in [5.74, 6) is 2.04. The van der Waals surface area contributed by atoms with Crippen molar-refractivity contribution in [1.29, 1.82) is 0 Å². The fourth-order valence-electron chi connectivity index (χ4n) is 16.0. The molecule has 0 unspecified atom stereocenters. The molecule has 408 valence electrons. The van der Waals surface area contributed by atoms with Crippen molar-refractivity contribution < 1.29 is 25.8 Å². The molecule has 7 aliphatic rings. The zero-order chi connectivity index (χ0) is 55.4. The summed E-state index contributed by atoms with van der Waals surface area (Å²) < 4.78 is 9.20. The number of fused-ring (bicyclic) bond motifs is 4. The van der Waals surface area contributed by atoms with E-state index in [1.54, 1.807) is 0 Å². The maximum absolute atomic E-state index is 6.96. The zero-order valence-electron chi connectivity index (χ0n) is 48.0. The summed E-state index contributed by atoms with van der Waals surface area (Å²) in [6.45, 7) is 24.1. The Balaban J connectivity index is 0.00000602. The van der Waals surface area contributed by atoms with Crippen LogP contribution >= 0.6 is 0 Å². The summed E-state index contributed by atoms with van der Waals surface area (Å²) in [7, 11) is 0. The Morgan fingerprint density at radius 2 is 1.09 bits per heavy atom. The fourth-order valence-corrected chi connectivity index (χ4v) is 16.0. The number of para-hydroxylation sites is 2. The molecule has 1 aliphatic heterocycles. The van der Waals surface area contributed by atoms with Gasteiger partial charge in [0, 0.05) is 67.0 Å². The predicted molar refractivity (Wildman–Crippen MR) is 331 cm³/mol. The number of ether oxygens (including phenoxy) is 1. The molecule has 0 saturated heterocycles. The molecule has 0 amide bonds. The van der Waals surface area contributed by atoms with E-state index in [9.17, 15) is 0 Å². The van der Waals surface area contributed by atoms with Crippen LogP contribution in [0.4, 0.5) is 17.1 Å². The third kappa shape index (κ3) is 6.87. The number of hydrogen-bond acceptors (Lipinski definition) is 4. The van der Waals surface area contributed by atoms with Crippen LogP contribution < -0.4 is 14.5 Å². The van der Waals surface area contributed by atoms with Crippen LogP contribution in [-0.4, -0.2) is 9.55 Å². The smallest absolute Gasteiger partial charge is 0.135 e. The molecule has 18 rings (SSSR count). The van der Waals surface area contributed by atoms with Crippen molar-refractivity contribution in [3.05, 3.63) is 287 Å². The quantitative estimate of drug-likeness (QED) is 0.155. The Kier molecular flexibility index (Phi) is 11.6. The fraction of sp³-hybridized carbons (Fsp3) is 0.211. The Morgan fingerprint density at radius 3 is 1.72 bits per heavy atom. The van der Waals surface area contributed by atoms with Gasteiger partial charge in [-0.1, -0.05) is 219 Å². The van der Waals surface area contributed by atoms with Crippen molar-refractivity contribution in [2.45, 2.75) is 90.0 Å². The molecule has 0 saturated carbocycles. The van der Waals surface area contributed by atoms with Gasteiger partial charge in [-0.15, -0.1) is 41.4 Å². The van der Waals surface area contributed by atoms with Crippen molar-refractivity contribution >= 4 is 38.9 Å². The number of rotatable bonds is 6. The van der Waals surface area contributed by atoms with Gasteiger partial charge in [0.05, 0.1) is 11.0 Å². The van der Waals surface area contributed by atoms with Gasteiger partial charge in [0.2, 0.25) is 0 Å². The summed E-state index contributed by atoms with van der Waals surface area (Å²) in [6, 6.07) is 86.8. The first kappa shape index (κ1) is 52.1. The Hall–Kier alpha value is -7.98. The van der Waals surface area contributed by atoms with Gasteiger partial charge >= 0.3 is 0 Å². The topological polar surface area (TPSA) is 33.5 Å². The first-order valence-corrected chi connectivity index (χ1v) is 28.7. The van der Waals surface area contributed by atoms with Gasteiger partial charge in [-0.05, 0) is 113 Å². The van der Waals surface area contributed by atoms with Gasteiger partial charge in [0.1, 0.15) is 5.82 Å². The molecule has 11 aromatic rings. The van der Waals surface area contributed by atoms with Crippen molar-refractivity contribution in [2.24, 2.45) is 10.8 Å². The number of pyridine rings is 1. The number of benzene rings is 9. The SMILES string of the molecule is CC(C)(C)c1ccnc(-n2c3[c-]c(Oc4[c-]c(N5[CH-]N(C67c8ccccc8C(c8ccccc86)C6(C(C)(C)C)c8ccccc8C7(C(C)(C)C)c7ccccc76)c6ccccc65)ccc4)ccc3c3cc(-c4ccccc4)ccc32)c1.[Pt]. The molecule has 2 aromatic heterocycles. The average molecular weight is 1250 g/mol. The van der Waals surface area contributed by atoms with Crippen LogP contribution in [0.2, 0.25) is 0 Å². The van der Waals surface area contributed by atoms with Gasteiger partial charge in [0.15, 0.2) is 0 Å². The van der Waals surface area contributed by atoms with Gasteiger partial charge in [0.25, 0.3) is 0 Å². The van der Waals surface area contributed by atoms with Crippen LogP contribution in [0.3, 0.4) is 0 Å². The minimum Gasteiger partial charge on any atom is -0.509 e. The predicted octanol–water partition coefficient (Wildman–Crippen LogP) is 18.7. The van der Waals surface area contributed by atoms with E-state index >= 15 is 0 Å². The second kappa shape index (κ2) is 18.3. The molecule has 0 radical (unpaired) electrons. The van der Waals surface area contributed by atoms with Crippen LogP contribution in [0.5, 0.6) is 11.5 Å². The molecule has 9 aromatic carbocycles. The van der Waals surface area contributed by atoms with Gasteiger partial charge in [-0.3, -0.25) is 0 Å². The summed E-state index contributed by atoms with van der Waals surface area (Å²) in [4.78, 5) is 10.0. The van der Waals surface area contributed by atoms with Crippen LogP contribution in [0.15, 0.2) is 219 Å². The third-order valence-corrected chi connectivity index (χ3v) is 18.9. The van der Waals surface area contributed by atoms with Gasteiger partial charge in [-0.2, -0.15) is 18.8 Å². The van der Waals surface area contributed by atoms with E-state index in [1.807, 2.05) is 18.3 Å². The van der Waals surface area contributed by atoms with Crippen molar-refractivity contribution in [2.75, 3.05) is 9.80 Å². The van der Waals surface area contributed by atoms with E-state index in [1.165, 1.54) is 55.6 Å². The summed E-state index contributed by atoms with van der Waals surface area (Å²) >= 11 is 0. The van der Waals surface area contributed by atoms with Crippen LogP contribution in [0.1, 0.15) is 118 Å².